The second-order valence-corrected chi connectivity index (χ2v) is 6.61. The number of nitrogens with one attached hydrogen (secondary N) is 2. The summed E-state index contributed by atoms with van der Waals surface area (Å²) in [5.41, 5.74) is 6.28. The zero-order chi connectivity index (χ0) is 16.1. The van der Waals surface area contributed by atoms with Crippen molar-refractivity contribution < 1.29 is 9.47 Å². The topological polar surface area (TPSA) is 42.5 Å². The van der Waals surface area contributed by atoms with Crippen molar-refractivity contribution in [3.63, 3.8) is 0 Å². The molecule has 0 spiro atoms. The Hall–Kier alpha value is -2.53. The van der Waals surface area contributed by atoms with Gasteiger partial charge in [-0.15, -0.1) is 0 Å². The van der Waals surface area contributed by atoms with E-state index >= 15 is 0 Å². The van der Waals surface area contributed by atoms with Crippen LogP contribution in [0.2, 0.25) is 0 Å². The molecular weight excluding hydrogens is 320 g/mol. The van der Waals surface area contributed by atoms with E-state index in [0.29, 0.717) is 5.11 Å². The molecule has 1 aliphatic carbocycles. The fourth-order valence-electron chi connectivity index (χ4n) is 3.73. The molecule has 5 rings (SSSR count). The molecule has 2 aromatic rings. The van der Waals surface area contributed by atoms with Gasteiger partial charge in [-0.1, -0.05) is 30.3 Å². The van der Waals surface area contributed by atoms with E-state index in [1.165, 1.54) is 16.7 Å². The molecule has 0 aromatic heterocycles. The number of rotatable bonds is 1. The van der Waals surface area contributed by atoms with Gasteiger partial charge in [0.2, 0.25) is 6.79 Å². The predicted octanol–water partition coefficient (Wildman–Crippen LogP) is 3.29. The molecule has 2 aromatic carbocycles. The van der Waals surface area contributed by atoms with Crippen LogP contribution >= 0.6 is 12.2 Å². The Bertz CT molecular complexity index is 891. The number of benzene rings is 2. The van der Waals surface area contributed by atoms with Crippen LogP contribution < -0.4 is 20.1 Å². The lowest BCUT2D eigenvalue weighted by atomic mass is 9.83. The van der Waals surface area contributed by atoms with Crippen LogP contribution in [0.4, 0.5) is 0 Å². The summed E-state index contributed by atoms with van der Waals surface area (Å²) >= 11 is 5.47. The summed E-state index contributed by atoms with van der Waals surface area (Å²) in [6, 6.07) is 14.7. The highest BCUT2D eigenvalue weighted by Gasteiger charge is 2.31. The highest BCUT2D eigenvalue weighted by Crippen LogP contribution is 2.41. The number of ether oxygens (including phenoxy) is 2. The summed E-state index contributed by atoms with van der Waals surface area (Å²) in [5.74, 6) is 1.61. The van der Waals surface area contributed by atoms with Crippen molar-refractivity contribution in [3.05, 3.63) is 64.7 Å². The Morgan fingerprint density at radius 3 is 2.83 bits per heavy atom. The van der Waals surface area contributed by atoms with Crippen molar-refractivity contribution in [3.8, 4) is 11.5 Å². The number of hydrogen-bond acceptors (Lipinski definition) is 3. The normalized spacial score (nSPS) is 20.8. The van der Waals surface area contributed by atoms with Gasteiger partial charge in [0.25, 0.3) is 0 Å². The van der Waals surface area contributed by atoms with E-state index in [0.717, 1.165) is 35.6 Å². The summed E-state index contributed by atoms with van der Waals surface area (Å²) < 4.78 is 11.0. The summed E-state index contributed by atoms with van der Waals surface area (Å²) in [4.78, 5) is 0. The number of hydrogen-bond donors (Lipinski definition) is 2. The Kier molecular flexibility index (Phi) is 3.03. The van der Waals surface area contributed by atoms with Crippen LogP contribution in [0.25, 0.3) is 5.70 Å². The van der Waals surface area contributed by atoms with E-state index in [1.807, 2.05) is 6.07 Å². The number of thiocarbonyl (C=S) groups is 1. The van der Waals surface area contributed by atoms with Crippen LogP contribution in [0, 0.1) is 0 Å². The standard InChI is InChI=1S/C19H16N2O2S/c24-19-20-17(12-6-8-15-16(9-12)23-10-22-15)14-7-5-11-3-1-2-4-13(11)18(14)21-19/h1-4,6,8-9,17H,5,7,10H2,(H2,20,21,24). The molecule has 3 aliphatic rings. The van der Waals surface area contributed by atoms with Crippen molar-refractivity contribution in [2.75, 3.05) is 6.79 Å². The average Bonchev–Trinajstić information content (AvgIpc) is 3.08. The lowest BCUT2D eigenvalue weighted by Crippen LogP contribution is -2.44. The molecule has 4 nitrogen and oxygen atoms in total. The van der Waals surface area contributed by atoms with Gasteiger partial charge in [-0.05, 0) is 53.9 Å². The van der Waals surface area contributed by atoms with Crippen LogP contribution in [0.15, 0.2) is 48.0 Å². The first kappa shape index (κ1) is 13.9. The van der Waals surface area contributed by atoms with Gasteiger partial charge in [0.15, 0.2) is 16.6 Å². The maximum absolute atomic E-state index is 5.53. The van der Waals surface area contributed by atoms with Gasteiger partial charge in [0.1, 0.15) is 0 Å². The van der Waals surface area contributed by atoms with E-state index in [4.69, 9.17) is 21.7 Å². The van der Waals surface area contributed by atoms with Gasteiger partial charge in [-0.2, -0.15) is 0 Å². The Morgan fingerprint density at radius 2 is 1.88 bits per heavy atom. The van der Waals surface area contributed by atoms with Gasteiger partial charge in [0.05, 0.1) is 6.04 Å². The first-order valence-corrected chi connectivity index (χ1v) is 8.49. The molecule has 24 heavy (non-hydrogen) atoms. The van der Waals surface area contributed by atoms with Crippen molar-refractivity contribution in [1.29, 1.82) is 0 Å². The maximum Gasteiger partial charge on any atom is 0.231 e. The van der Waals surface area contributed by atoms with Gasteiger partial charge in [-0.25, -0.2) is 0 Å². The SMILES string of the molecule is S=C1NC2=C(CCc3ccccc32)C(c2ccc3c(c2)OCO3)N1. The van der Waals surface area contributed by atoms with Gasteiger partial charge >= 0.3 is 0 Å². The lowest BCUT2D eigenvalue weighted by molar-refractivity contribution is 0.174. The summed E-state index contributed by atoms with van der Waals surface area (Å²) in [7, 11) is 0. The number of aryl methyl sites for hydroxylation is 1. The summed E-state index contributed by atoms with van der Waals surface area (Å²) in [5, 5.41) is 7.45. The average molecular weight is 336 g/mol. The monoisotopic (exact) mass is 336 g/mol. The smallest absolute Gasteiger partial charge is 0.231 e. The van der Waals surface area contributed by atoms with Crippen molar-refractivity contribution >= 4 is 23.0 Å². The Balaban J connectivity index is 1.63. The molecular formula is C19H16N2O2S. The molecule has 2 heterocycles. The van der Waals surface area contributed by atoms with Crippen LogP contribution in [0.3, 0.4) is 0 Å². The quantitative estimate of drug-likeness (QED) is 0.782. The fourth-order valence-corrected chi connectivity index (χ4v) is 3.95. The first-order chi connectivity index (χ1) is 11.8. The zero-order valence-electron chi connectivity index (χ0n) is 13.0. The minimum absolute atomic E-state index is 0.0663. The van der Waals surface area contributed by atoms with Crippen LogP contribution in [0.1, 0.15) is 29.2 Å². The Labute approximate surface area is 145 Å². The molecule has 0 saturated carbocycles. The third-order valence-corrected chi connectivity index (χ3v) is 5.08. The largest absolute Gasteiger partial charge is 0.454 e. The van der Waals surface area contributed by atoms with Crippen LogP contribution in [0.5, 0.6) is 11.5 Å². The van der Waals surface area contributed by atoms with Crippen LogP contribution in [-0.2, 0) is 6.42 Å². The van der Waals surface area contributed by atoms with Crippen molar-refractivity contribution in [2.24, 2.45) is 0 Å². The molecule has 2 N–H and O–H groups in total. The molecule has 0 radical (unpaired) electrons. The van der Waals surface area contributed by atoms with E-state index in [1.54, 1.807) is 0 Å². The summed E-state index contributed by atoms with van der Waals surface area (Å²) in [6.07, 6.45) is 2.06. The molecule has 1 unspecified atom stereocenters. The molecule has 120 valence electrons. The van der Waals surface area contributed by atoms with Gasteiger partial charge < -0.3 is 20.1 Å². The highest BCUT2D eigenvalue weighted by atomic mass is 32.1. The molecule has 0 saturated heterocycles. The van der Waals surface area contributed by atoms with E-state index in [2.05, 4.69) is 47.0 Å². The second kappa shape index (κ2) is 5.24. The molecule has 0 fully saturated rings. The Morgan fingerprint density at radius 1 is 1.00 bits per heavy atom. The third kappa shape index (κ3) is 2.08. The van der Waals surface area contributed by atoms with Crippen molar-refractivity contribution in [2.45, 2.75) is 18.9 Å². The third-order valence-electron chi connectivity index (χ3n) is 4.86. The number of fused-ring (bicyclic) bond motifs is 3. The zero-order valence-corrected chi connectivity index (χ0v) is 13.8. The van der Waals surface area contributed by atoms with Gasteiger partial charge in [-0.3, -0.25) is 0 Å². The second-order valence-electron chi connectivity index (χ2n) is 6.20. The minimum atomic E-state index is 0.0663. The lowest BCUT2D eigenvalue weighted by Gasteiger charge is -2.35. The summed E-state index contributed by atoms with van der Waals surface area (Å²) in [6.45, 7) is 0.290. The van der Waals surface area contributed by atoms with Gasteiger partial charge in [0, 0.05) is 11.3 Å². The first-order valence-electron chi connectivity index (χ1n) is 8.08. The van der Waals surface area contributed by atoms with E-state index in [-0.39, 0.29) is 12.8 Å². The minimum Gasteiger partial charge on any atom is -0.454 e. The van der Waals surface area contributed by atoms with E-state index < -0.39 is 0 Å². The van der Waals surface area contributed by atoms with Crippen LogP contribution in [-0.4, -0.2) is 11.9 Å². The molecule has 2 aliphatic heterocycles. The van der Waals surface area contributed by atoms with E-state index in [9.17, 15) is 0 Å². The fraction of sp³-hybridized carbons (Fsp3) is 0.211. The maximum atomic E-state index is 5.53. The molecule has 0 amide bonds. The molecule has 5 heteroatoms. The molecule has 0 bridgehead atoms. The highest BCUT2D eigenvalue weighted by molar-refractivity contribution is 7.80. The predicted molar refractivity (Wildman–Crippen MR) is 95.9 cm³/mol. The van der Waals surface area contributed by atoms with Crippen molar-refractivity contribution in [1.82, 2.24) is 10.6 Å². The molecule has 1 atom stereocenters.